The zero-order valence-corrected chi connectivity index (χ0v) is 12.0. The standard InChI is InChI=1S/C18H21NO/c1-15(17-10-12-18(20-2)13-11-17)19-14-6-9-16-7-4-3-5-8-16/h3-13,15,19H,14H2,1-2H3. The lowest BCUT2D eigenvalue weighted by Gasteiger charge is -2.13. The molecule has 0 bridgehead atoms. The Balaban J connectivity index is 1.82. The van der Waals surface area contributed by atoms with Crippen LogP contribution < -0.4 is 10.1 Å². The third-order valence-electron chi connectivity index (χ3n) is 3.27. The number of hydrogen-bond donors (Lipinski definition) is 1. The van der Waals surface area contributed by atoms with Crippen LogP contribution in [0.25, 0.3) is 6.08 Å². The number of hydrogen-bond acceptors (Lipinski definition) is 2. The summed E-state index contributed by atoms with van der Waals surface area (Å²) in [4.78, 5) is 0. The highest BCUT2D eigenvalue weighted by Crippen LogP contribution is 2.16. The Morgan fingerprint density at radius 3 is 2.40 bits per heavy atom. The Labute approximate surface area is 121 Å². The normalized spacial score (nSPS) is 12.5. The number of ether oxygens (including phenoxy) is 1. The van der Waals surface area contributed by atoms with Gasteiger partial charge in [-0.3, -0.25) is 0 Å². The summed E-state index contributed by atoms with van der Waals surface area (Å²) in [5.74, 6) is 0.893. The van der Waals surface area contributed by atoms with Gasteiger partial charge in [-0.05, 0) is 30.2 Å². The van der Waals surface area contributed by atoms with Gasteiger partial charge in [-0.15, -0.1) is 0 Å². The van der Waals surface area contributed by atoms with Crippen LogP contribution in [0, 0.1) is 0 Å². The average molecular weight is 267 g/mol. The van der Waals surface area contributed by atoms with E-state index in [0.717, 1.165) is 12.3 Å². The fraction of sp³-hybridized carbons (Fsp3) is 0.222. The first-order valence-electron chi connectivity index (χ1n) is 6.88. The van der Waals surface area contributed by atoms with Crippen LogP contribution in [0.5, 0.6) is 5.75 Å². The summed E-state index contributed by atoms with van der Waals surface area (Å²) in [6.07, 6.45) is 4.28. The lowest BCUT2D eigenvalue weighted by atomic mass is 10.1. The van der Waals surface area contributed by atoms with Gasteiger partial charge in [-0.1, -0.05) is 54.6 Å². The monoisotopic (exact) mass is 267 g/mol. The van der Waals surface area contributed by atoms with Crippen molar-refractivity contribution in [3.63, 3.8) is 0 Å². The van der Waals surface area contributed by atoms with Crippen molar-refractivity contribution in [1.29, 1.82) is 0 Å². The average Bonchev–Trinajstić information content (AvgIpc) is 2.52. The Hall–Kier alpha value is -2.06. The van der Waals surface area contributed by atoms with Crippen molar-refractivity contribution in [3.05, 3.63) is 71.8 Å². The van der Waals surface area contributed by atoms with Crippen molar-refractivity contribution >= 4 is 6.08 Å². The topological polar surface area (TPSA) is 21.3 Å². The van der Waals surface area contributed by atoms with Crippen LogP contribution in [0.1, 0.15) is 24.1 Å². The first-order valence-corrected chi connectivity index (χ1v) is 6.88. The van der Waals surface area contributed by atoms with Gasteiger partial charge in [0, 0.05) is 12.6 Å². The van der Waals surface area contributed by atoms with Gasteiger partial charge in [0.05, 0.1) is 7.11 Å². The smallest absolute Gasteiger partial charge is 0.118 e. The highest BCUT2D eigenvalue weighted by molar-refractivity contribution is 5.48. The van der Waals surface area contributed by atoms with Crippen molar-refractivity contribution in [1.82, 2.24) is 5.32 Å². The molecular formula is C18H21NO. The number of nitrogens with one attached hydrogen (secondary N) is 1. The summed E-state index contributed by atoms with van der Waals surface area (Å²) < 4.78 is 5.16. The first-order chi connectivity index (χ1) is 9.79. The highest BCUT2D eigenvalue weighted by Gasteiger charge is 2.03. The Morgan fingerprint density at radius 2 is 1.75 bits per heavy atom. The third-order valence-corrected chi connectivity index (χ3v) is 3.27. The molecule has 2 aromatic rings. The minimum Gasteiger partial charge on any atom is -0.497 e. The SMILES string of the molecule is COc1ccc(C(C)NCC=Cc2ccccc2)cc1. The molecule has 0 radical (unpaired) electrons. The molecule has 20 heavy (non-hydrogen) atoms. The van der Waals surface area contributed by atoms with E-state index in [1.807, 2.05) is 30.3 Å². The second kappa shape index (κ2) is 7.51. The van der Waals surface area contributed by atoms with Gasteiger partial charge in [0.15, 0.2) is 0 Å². The van der Waals surface area contributed by atoms with E-state index in [2.05, 4.69) is 48.7 Å². The first kappa shape index (κ1) is 14.4. The maximum Gasteiger partial charge on any atom is 0.118 e. The molecule has 0 aliphatic heterocycles. The lowest BCUT2D eigenvalue weighted by molar-refractivity contribution is 0.414. The molecule has 0 amide bonds. The van der Waals surface area contributed by atoms with Gasteiger partial charge >= 0.3 is 0 Å². The summed E-state index contributed by atoms with van der Waals surface area (Å²) >= 11 is 0. The fourth-order valence-corrected chi connectivity index (χ4v) is 2.01. The molecule has 1 N–H and O–H groups in total. The molecule has 2 rings (SSSR count). The third kappa shape index (κ3) is 4.25. The number of methoxy groups -OCH3 is 1. The maximum atomic E-state index is 5.16. The van der Waals surface area contributed by atoms with Crippen molar-refractivity contribution in [2.24, 2.45) is 0 Å². The highest BCUT2D eigenvalue weighted by atomic mass is 16.5. The minimum absolute atomic E-state index is 0.321. The molecule has 0 saturated carbocycles. The Kier molecular flexibility index (Phi) is 5.39. The molecule has 0 aromatic heterocycles. The minimum atomic E-state index is 0.321. The summed E-state index contributed by atoms with van der Waals surface area (Å²) in [6, 6.07) is 18.8. The predicted molar refractivity (Wildman–Crippen MR) is 84.9 cm³/mol. The molecule has 0 spiro atoms. The molecule has 1 atom stereocenters. The van der Waals surface area contributed by atoms with Crippen LogP contribution in [-0.2, 0) is 0 Å². The zero-order chi connectivity index (χ0) is 14.2. The molecule has 0 fully saturated rings. The van der Waals surface area contributed by atoms with Crippen molar-refractivity contribution in [3.8, 4) is 5.75 Å². The van der Waals surface area contributed by atoms with Crippen molar-refractivity contribution in [2.75, 3.05) is 13.7 Å². The van der Waals surface area contributed by atoms with Gasteiger partial charge in [0.1, 0.15) is 5.75 Å². The van der Waals surface area contributed by atoms with E-state index in [0.29, 0.717) is 6.04 Å². The Bertz CT molecular complexity index is 531. The summed E-state index contributed by atoms with van der Waals surface area (Å²) in [6.45, 7) is 3.01. The molecule has 2 heteroatoms. The van der Waals surface area contributed by atoms with E-state index in [1.54, 1.807) is 7.11 Å². The fourth-order valence-electron chi connectivity index (χ4n) is 2.01. The predicted octanol–water partition coefficient (Wildman–Crippen LogP) is 4.06. The molecule has 104 valence electrons. The van der Waals surface area contributed by atoms with Crippen LogP contribution in [0.15, 0.2) is 60.7 Å². The van der Waals surface area contributed by atoms with Gasteiger partial charge < -0.3 is 10.1 Å². The molecule has 2 aromatic carbocycles. The van der Waals surface area contributed by atoms with Crippen LogP contribution in [0.2, 0.25) is 0 Å². The van der Waals surface area contributed by atoms with Gasteiger partial charge in [-0.25, -0.2) is 0 Å². The maximum absolute atomic E-state index is 5.16. The molecular weight excluding hydrogens is 246 g/mol. The molecule has 0 aliphatic carbocycles. The lowest BCUT2D eigenvalue weighted by Crippen LogP contribution is -2.18. The van der Waals surface area contributed by atoms with Gasteiger partial charge in [0.25, 0.3) is 0 Å². The molecule has 1 unspecified atom stereocenters. The second-order valence-corrected chi connectivity index (χ2v) is 4.72. The van der Waals surface area contributed by atoms with Crippen LogP contribution in [0.4, 0.5) is 0 Å². The summed E-state index contributed by atoms with van der Waals surface area (Å²) in [7, 11) is 1.69. The molecule has 2 nitrogen and oxygen atoms in total. The van der Waals surface area contributed by atoms with E-state index in [4.69, 9.17) is 4.74 Å². The molecule has 0 heterocycles. The van der Waals surface area contributed by atoms with Crippen molar-refractivity contribution < 1.29 is 4.74 Å². The van der Waals surface area contributed by atoms with E-state index in [9.17, 15) is 0 Å². The zero-order valence-electron chi connectivity index (χ0n) is 12.0. The van der Waals surface area contributed by atoms with Crippen LogP contribution in [-0.4, -0.2) is 13.7 Å². The van der Waals surface area contributed by atoms with Gasteiger partial charge in [0.2, 0.25) is 0 Å². The van der Waals surface area contributed by atoms with Crippen molar-refractivity contribution in [2.45, 2.75) is 13.0 Å². The van der Waals surface area contributed by atoms with E-state index < -0.39 is 0 Å². The summed E-state index contributed by atoms with van der Waals surface area (Å²) in [5, 5.41) is 3.48. The molecule has 0 saturated heterocycles. The van der Waals surface area contributed by atoms with E-state index >= 15 is 0 Å². The summed E-state index contributed by atoms with van der Waals surface area (Å²) in [5.41, 5.74) is 2.49. The van der Waals surface area contributed by atoms with E-state index in [1.165, 1.54) is 11.1 Å². The number of benzene rings is 2. The second-order valence-electron chi connectivity index (χ2n) is 4.72. The Morgan fingerprint density at radius 1 is 1.05 bits per heavy atom. The van der Waals surface area contributed by atoms with Crippen LogP contribution >= 0.6 is 0 Å². The number of rotatable bonds is 6. The van der Waals surface area contributed by atoms with Gasteiger partial charge in [-0.2, -0.15) is 0 Å². The quantitative estimate of drug-likeness (QED) is 0.852. The van der Waals surface area contributed by atoms with E-state index in [-0.39, 0.29) is 0 Å². The van der Waals surface area contributed by atoms with Crippen LogP contribution in [0.3, 0.4) is 0 Å². The largest absolute Gasteiger partial charge is 0.497 e. The molecule has 0 aliphatic rings.